The fourth-order valence-corrected chi connectivity index (χ4v) is 1.69. The van der Waals surface area contributed by atoms with Gasteiger partial charge in [-0.1, -0.05) is 17.7 Å². The van der Waals surface area contributed by atoms with E-state index in [-0.39, 0.29) is 10.9 Å². The molecule has 1 aromatic carbocycles. The number of halogens is 2. The molecule has 2 N–H and O–H groups in total. The molecule has 20 heavy (non-hydrogen) atoms. The van der Waals surface area contributed by atoms with Crippen LogP contribution in [0.1, 0.15) is 11.4 Å². The molecule has 1 heterocycles. The van der Waals surface area contributed by atoms with Crippen LogP contribution in [0.4, 0.5) is 4.39 Å². The Kier molecular flexibility index (Phi) is 4.84. The normalized spacial score (nSPS) is 10.9. The van der Waals surface area contributed by atoms with Crippen LogP contribution in [0.3, 0.4) is 0 Å². The molecule has 0 spiro atoms. The van der Waals surface area contributed by atoms with Crippen molar-refractivity contribution in [2.75, 3.05) is 6.54 Å². The summed E-state index contributed by atoms with van der Waals surface area (Å²) in [5.74, 6) is -0.0233. The molecule has 1 aromatic heterocycles. The average molecular weight is 295 g/mol. The maximum absolute atomic E-state index is 12.9. The van der Waals surface area contributed by atoms with E-state index in [1.165, 1.54) is 24.5 Å². The van der Waals surface area contributed by atoms with E-state index in [1.54, 1.807) is 12.1 Å². The van der Waals surface area contributed by atoms with Gasteiger partial charge in [-0.3, -0.25) is 9.89 Å². The largest absolute Gasteiger partial charge is 0.352 e. The highest BCUT2D eigenvalue weighted by molar-refractivity contribution is 6.30. The van der Waals surface area contributed by atoms with E-state index < -0.39 is 5.82 Å². The van der Waals surface area contributed by atoms with E-state index in [2.05, 4.69) is 20.5 Å². The number of nitrogens with zero attached hydrogens (tertiary/aromatic N) is 2. The first-order valence-electron chi connectivity index (χ1n) is 5.90. The summed E-state index contributed by atoms with van der Waals surface area (Å²) in [4.78, 5) is 15.5. The Morgan fingerprint density at radius 1 is 1.50 bits per heavy atom. The van der Waals surface area contributed by atoms with E-state index in [1.807, 2.05) is 0 Å². The molecule has 0 aliphatic carbocycles. The molecule has 0 radical (unpaired) electrons. The van der Waals surface area contributed by atoms with Crippen molar-refractivity contribution in [3.05, 3.63) is 52.8 Å². The first-order valence-corrected chi connectivity index (χ1v) is 6.28. The topological polar surface area (TPSA) is 70.7 Å². The molecular weight excluding hydrogens is 283 g/mol. The number of benzene rings is 1. The van der Waals surface area contributed by atoms with Crippen molar-refractivity contribution in [3.63, 3.8) is 0 Å². The molecule has 1 amide bonds. The number of H-pyrrole nitrogens is 1. The second kappa shape index (κ2) is 6.81. The predicted molar refractivity (Wildman–Crippen MR) is 73.5 cm³/mol. The second-order valence-corrected chi connectivity index (χ2v) is 4.39. The lowest BCUT2D eigenvalue weighted by Gasteiger charge is -2.00. The summed E-state index contributed by atoms with van der Waals surface area (Å²) in [6.45, 7) is 0.447. The lowest BCUT2D eigenvalue weighted by atomic mass is 10.2. The lowest BCUT2D eigenvalue weighted by molar-refractivity contribution is -0.116. The fraction of sp³-hybridized carbons (Fsp3) is 0.154. The lowest BCUT2D eigenvalue weighted by Crippen LogP contribution is -2.23. The zero-order valence-corrected chi connectivity index (χ0v) is 11.2. The first-order chi connectivity index (χ1) is 9.65. The highest BCUT2D eigenvalue weighted by Gasteiger charge is 2.00. The van der Waals surface area contributed by atoms with Crippen LogP contribution in [-0.2, 0) is 11.2 Å². The van der Waals surface area contributed by atoms with Crippen molar-refractivity contribution in [2.24, 2.45) is 0 Å². The maximum Gasteiger partial charge on any atom is 0.244 e. The van der Waals surface area contributed by atoms with Gasteiger partial charge in [0.2, 0.25) is 5.91 Å². The molecule has 0 bridgehead atoms. The fourth-order valence-electron chi connectivity index (χ4n) is 1.50. The van der Waals surface area contributed by atoms with Crippen LogP contribution in [0.15, 0.2) is 30.6 Å². The smallest absolute Gasteiger partial charge is 0.244 e. The molecule has 2 rings (SSSR count). The predicted octanol–water partition coefficient (Wildman–Crippen LogP) is 1.97. The number of hydrogen-bond donors (Lipinski definition) is 2. The zero-order chi connectivity index (χ0) is 14.4. The Labute approximate surface area is 119 Å². The molecule has 0 atom stereocenters. The zero-order valence-electron chi connectivity index (χ0n) is 10.4. The highest BCUT2D eigenvalue weighted by Crippen LogP contribution is 2.16. The van der Waals surface area contributed by atoms with E-state index in [4.69, 9.17) is 11.6 Å². The third-order valence-corrected chi connectivity index (χ3v) is 2.79. The molecule has 0 saturated heterocycles. The summed E-state index contributed by atoms with van der Waals surface area (Å²) in [7, 11) is 0. The van der Waals surface area contributed by atoms with Gasteiger partial charge < -0.3 is 5.32 Å². The molecule has 0 fully saturated rings. The van der Waals surface area contributed by atoms with Crippen LogP contribution in [0.25, 0.3) is 6.08 Å². The Hall–Kier alpha value is -2.21. The van der Waals surface area contributed by atoms with Crippen LogP contribution in [0, 0.1) is 5.82 Å². The number of nitrogens with one attached hydrogen (secondary N) is 2. The van der Waals surface area contributed by atoms with Crippen molar-refractivity contribution in [2.45, 2.75) is 6.42 Å². The van der Waals surface area contributed by atoms with Crippen molar-refractivity contribution in [1.82, 2.24) is 20.5 Å². The summed E-state index contributed by atoms with van der Waals surface area (Å²) in [5, 5.41) is 9.13. The van der Waals surface area contributed by atoms with Crippen LogP contribution in [0.2, 0.25) is 5.02 Å². The third kappa shape index (κ3) is 4.17. The molecule has 0 aliphatic heterocycles. The van der Waals surface area contributed by atoms with Crippen LogP contribution in [-0.4, -0.2) is 27.6 Å². The summed E-state index contributed by atoms with van der Waals surface area (Å²) in [5.41, 5.74) is 0.654. The molecule has 7 heteroatoms. The van der Waals surface area contributed by atoms with Gasteiger partial charge in [-0.25, -0.2) is 9.37 Å². The third-order valence-electron chi connectivity index (χ3n) is 2.50. The van der Waals surface area contributed by atoms with Gasteiger partial charge in [0, 0.05) is 19.0 Å². The minimum absolute atomic E-state index is 0.0258. The molecule has 0 saturated carbocycles. The number of carbonyl (C=O) groups excluding carboxylic acids is 1. The Morgan fingerprint density at radius 2 is 2.35 bits per heavy atom. The van der Waals surface area contributed by atoms with Crippen LogP contribution >= 0.6 is 11.6 Å². The van der Waals surface area contributed by atoms with Crippen LogP contribution < -0.4 is 5.32 Å². The molecule has 0 unspecified atom stereocenters. The van der Waals surface area contributed by atoms with Crippen molar-refractivity contribution in [1.29, 1.82) is 0 Å². The average Bonchev–Trinajstić information content (AvgIpc) is 2.93. The van der Waals surface area contributed by atoms with Crippen LogP contribution in [0.5, 0.6) is 0 Å². The SMILES string of the molecule is O=C(C=Cc1ccc(F)c(Cl)c1)NCCc1ncn[nH]1. The van der Waals surface area contributed by atoms with Gasteiger partial charge in [0.25, 0.3) is 0 Å². The number of hydrogen-bond acceptors (Lipinski definition) is 3. The van der Waals surface area contributed by atoms with Gasteiger partial charge in [-0.2, -0.15) is 5.10 Å². The van der Waals surface area contributed by atoms with Crippen molar-refractivity contribution >= 4 is 23.6 Å². The molecule has 0 aliphatic rings. The van der Waals surface area contributed by atoms with Gasteiger partial charge in [0.15, 0.2) is 0 Å². The Bertz CT molecular complexity index is 613. The van der Waals surface area contributed by atoms with Gasteiger partial charge in [-0.15, -0.1) is 0 Å². The monoisotopic (exact) mass is 294 g/mol. The first kappa shape index (κ1) is 14.2. The summed E-state index contributed by atoms with van der Waals surface area (Å²) < 4.78 is 12.9. The number of amides is 1. The van der Waals surface area contributed by atoms with Gasteiger partial charge >= 0.3 is 0 Å². The van der Waals surface area contributed by atoms with E-state index in [0.29, 0.717) is 24.4 Å². The molecule has 2 aromatic rings. The molecule has 104 valence electrons. The van der Waals surface area contributed by atoms with Gasteiger partial charge in [0.1, 0.15) is 18.0 Å². The Balaban J connectivity index is 1.81. The summed E-state index contributed by atoms with van der Waals surface area (Å²) >= 11 is 5.64. The number of aromatic nitrogens is 3. The molecule has 5 nitrogen and oxygen atoms in total. The number of aromatic amines is 1. The minimum atomic E-state index is -0.486. The van der Waals surface area contributed by atoms with E-state index >= 15 is 0 Å². The molecular formula is C13H12ClFN4O. The standard InChI is InChI=1S/C13H12ClFN4O/c14-10-7-9(1-3-11(10)15)2-4-13(20)16-6-5-12-17-8-18-19-12/h1-4,7-8H,5-6H2,(H,16,20)(H,17,18,19). The summed E-state index contributed by atoms with van der Waals surface area (Å²) in [6.07, 6.45) is 4.91. The van der Waals surface area contributed by atoms with E-state index in [0.717, 1.165) is 0 Å². The Morgan fingerprint density at radius 3 is 3.05 bits per heavy atom. The van der Waals surface area contributed by atoms with Gasteiger partial charge in [0.05, 0.1) is 5.02 Å². The van der Waals surface area contributed by atoms with Crippen molar-refractivity contribution in [3.8, 4) is 0 Å². The highest BCUT2D eigenvalue weighted by atomic mass is 35.5. The summed E-state index contributed by atoms with van der Waals surface area (Å²) in [6, 6.07) is 4.25. The minimum Gasteiger partial charge on any atom is -0.352 e. The van der Waals surface area contributed by atoms with Crippen molar-refractivity contribution < 1.29 is 9.18 Å². The van der Waals surface area contributed by atoms with Gasteiger partial charge in [-0.05, 0) is 23.8 Å². The number of carbonyl (C=O) groups is 1. The maximum atomic E-state index is 12.9. The number of rotatable bonds is 5. The quantitative estimate of drug-likeness (QED) is 0.828. The second-order valence-electron chi connectivity index (χ2n) is 3.98. The van der Waals surface area contributed by atoms with E-state index in [9.17, 15) is 9.18 Å².